The van der Waals surface area contributed by atoms with Crippen molar-refractivity contribution in [1.82, 2.24) is 15.5 Å². The molecule has 1 aliphatic heterocycles. The molecule has 2 amide bonds. The Balaban J connectivity index is 1.54. The molecular weight excluding hydrogens is 330 g/mol. The first-order valence-electron chi connectivity index (χ1n) is 8.72. The van der Waals surface area contributed by atoms with E-state index in [0.717, 1.165) is 18.7 Å². The van der Waals surface area contributed by atoms with Crippen LogP contribution in [-0.2, 0) is 22.7 Å². The Hall–Kier alpha value is -2.86. The monoisotopic (exact) mass is 353 g/mol. The highest BCUT2D eigenvalue weighted by molar-refractivity contribution is 5.86. The third-order valence-electron chi connectivity index (χ3n) is 4.24. The molecule has 0 bridgehead atoms. The largest absolute Gasteiger partial charge is 0.445 e. The Morgan fingerprint density at radius 1 is 1.08 bits per heavy atom. The lowest BCUT2D eigenvalue weighted by Gasteiger charge is -2.23. The second-order valence-electron chi connectivity index (χ2n) is 6.27. The van der Waals surface area contributed by atoms with Crippen molar-refractivity contribution in [3.8, 4) is 0 Å². The zero-order valence-corrected chi connectivity index (χ0v) is 14.6. The molecule has 1 heterocycles. The van der Waals surface area contributed by atoms with Crippen LogP contribution in [0.5, 0.6) is 0 Å². The molecule has 2 N–H and O–H groups in total. The summed E-state index contributed by atoms with van der Waals surface area (Å²) in [5.74, 6) is -0.183. The molecule has 1 saturated heterocycles. The SMILES string of the molecule is O=C(N[C@H]1CN(Cc2ccccc2)CCNC1=O)OCc1ccccc1. The van der Waals surface area contributed by atoms with Crippen molar-refractivity contribution in [1.29, 1.82) is 0 Å². The van der Waals surface area contributed by atoms with Crippen molar-refractivity contribution in [2.75, 3.05) is 19.6 Å². The fourth-order valence-electron chi connectivity index (χ4n) is 2.90. The second kappa shape index (κ2) is 9.01. The summed E-state index contributed by atoms with van der Waals surface area (Å²) in [6.45, 7) is 2.64. The lowest BCUT2D eigenvalue weighted by atomic mass is 10.2. The quantitative estimate of drug-likeness (QED) is 0.862. The third-order valence-corrected chi connectivity index (χ3v) is 4.24. The maximum absolute atomic E-state index is 12.2. The maximum Gasteiger partial charge on any atom is 0.408 e. The number of benzene rings is 2. The first-order valence-corrected chi connectivity index (χ1v) is 8.72. The van der Waals surface area contributed by atoms with Gasteiger partial charge in [-0.25, -0.2) is 4.79 Å². The van der Waals surface area contributed by atoms with Gasteiger partial charge < -0.3 is 15.4 Å². The first-order chi connectivity index (χ1) is 12.7. The van der Waals surface area contributed by atoms with E-state index in [0.29, 0.717) is 13.1 Å². The lowest BCUT2D eigenvalue weighted by Crippen LogP contribution is -2.49. The van der Waals surface area contributed by atoms with Crippen molar-refractivity contribution in [3.63, 3.8) is 0 Å². The summed E-state index contributed by atoms with van der Waals surface area (Å²) in [6, 6.07) is 18.9. The molecule has 1 fully saturated rings. The van der Waals surface area contributed by atoms with Gasteiger partial charge in [-0.3, -0.25) is 9.69 Å². The van der Waals surface area contributed by atoms with Gasteiger partial charge in [0.25, 0.3) is 0 Å². The molecule has 0 saturated carbocycles. The van der Waals surface area contributed by atoms with Crippen LogP contribution in [0.2, 0.25) is 0 Å². The van der Waals surface area contributed by atoms with Crippen LogP contribution in [0.3, 0.4) is 0 Å². The average Bonchev–Trinajstić information content (AvgIpc) is 2.83. The molecule has 1 aliphatic rings. The number of nitrogens with zero attached hydrogens (tertiary/aromatic N) is 1. The topological polar surface area (TPSA) is 70.7 Å². The smallest absolute Gasteiger partial charge is 0.408 e. The summed E-state index contributed by atoms with van der Waals surface area (Å²) in [7, 11) is 0. The molecule has 6 nitrogen and oxygen atoms in total. The Labute approximate surface area is 153 Å². The van der Waals surface area contributed by atoms with E-state index in [-0.39, 0.29) is 12.5 Å². The van der Waals surface area contributed by atoms with Gasteiger partial charge in [0.05, 0.1) is 0 Å². The highest BCUT2D eigenvalue weighted by atomic mass is 16.5. The number of rotatable bonds is 5. The summed E-state index contributed by atoms with van der Waals surface area (Å²) in [5.41, 5.74) is 2.07. The van der Waals surface area contributed by atoms with Crippen molar-refractivity contribution in [3.05, 3.63) is 71.8 Å². The van der Waals surface area contributed by atoms with Crippen LogP contribution in [0.25, 0.3) is 0 Å². The van der Waals surface area contributed by atoms with Crippen LogP contribution in [0, 0.1) is 0 Å². The predicted molar refractivity (Wildman–Crippen MR) is 98.3 cm³/mol. The van der Waals surface area contributed by atoms with E-state index in [4.69, 9.17) is 4.74 Å². The standard InChI is InChI=1S/C20H23N3O3/c24-19-18(22-20(25)26-15-17-9-5-2-6-10-17)14-23(12-11-21-19)13-16-7-3-1-4-8-16/h1-10,18H,11-15H2,(H,21,24)(H,22,25)/t18-/m0/s1. The van der Waals surface area contributed by atoms with Gasteiger partial charge in [0.2, 0.25) is 5.91 Å². The Morgan fingerprint density at radius 3 is 2.42 bits per heavy atom. The zero-order valence-electron chi connectivity index (χ0n) is 14.6. The van der Waals surface area contributed by atoms with Crippen LogP contribution in [0.4, 0.5) is 4.79 Å². The van der Waals surface area contributed by atoms with Crippen LogP contribution in [0.1, 0.15) is 11.1 Å². The van der Waals surface area contributed by atoms with Gasteiger partial charge in [-0.15, -0.1) is 0 Å². The van der Waals surface area contributed by atoms with Gasteiger partial charge in [0.15, 0.2) is 0 Å². The number of alkyl carbamates (subject to hydrolysis) is 1. The number of amides is 2. The average molecular weight is 353 g/mol. The number of ether oxygens (including phenoxy) is 1. The molecule has 6 heteroatoms. The second-order valence-corrected chi connectivity index (χ2v) is 6.27. The Bertz CT molecular complexity index is 722. The van der Waals surface area contributed by atoms with E-state index in [9.17, 15) is 9.59 Å². The van der Waals surface area contributed by atoms with E-state index < -0.39 is 12.1 Å². The Morgan fingerprint density at radius 2 is 1.73 bits per heavy atom. The summed E-state index contributed by atoms with van der Waals surface area (Å²) < 4.78 is 5.22. The van der Waals surface area contributed by atoms with E-state index >= 15 is 0 Å². The minimum atomic E-state index is -0.635. The van der Waals surface area contributed by atoms with Gasteiger partial charge in [0.1, 0.15) is 12.6 Å². The highest BCUT2D eigenvalue weighted by Gasteiger charge is 2.27. The molecule has 0 aliphatic carbocycles. The molecule has 1 atom stereocenters. The molecule has 136 valence electrons. The fraction of sp³-hybridized carbons (Fsp3) is 0.300. The molecule has 0 unspecified atom stereocenters. The third kappa shape index (κ3) is 5.32. The number of nitrogens with one attached hydrogen (secondary N) is 2. The molecule has 0 spiro atoms. The van der Waals surface area contributed by atoms with Crippen LogP contribution >= 0.6 is 0 Å². The van der Waals surface area contributed by atoms with Crippen molar-refractivity contribution in [2.24, 2.45) is 0 Å². The van der Waals surface area contributed by atoms with Crippen molar-refractivity contribution >= 4 is 12.0 Å². The predicted octanol–water partition coefficient (Wildman–Crippen LogP) is 1.91. The van der Waals surface area contributed by atoms with Gasteiger partial charge in [-0.2, -0.15) is 0 Å². The fourth-order valence-corrected chi connectivity index (χ4v) is 2.90. The van der Waals surface area contributed by atoms with E-state index in [1.165, 1.54) is 5.56 Å². The van der Waals surface area contributed by atoms with Crippen LogP contribution in [0.15, 0.2) is 60.7 Å². The highest BCUT2D eigenvalue weighted by Crippen LogP contribution is 2.07. The van der Waals surface area contributed by atoms with Gasteiger partial charge in [-0.1, -0.05) is 60.7 Å². The van der Waals surface area contributed by atoms with Gasteiger partial charge in [0, 0.05) is 26.2 Å². The molecule has 26 heavy (non-hydrogen) atoms. The minimum Gasteiger partial charge on any atom is -0.445 e. The molecule has 0 radical (unpaired) electrons. The number of carbonyl (C=O) groups excluding carboxylic acids is 2. The van der Waals surface area contributed by atoms with Crippen LogP contribution < -0.4 is 10.6 Å². The summed E-state index contributed by atoms with van der Waals surface area (Å²) in [6.07, 6.45) is -0.587. The molecule has 2 aromatic rings. The summed E-state index contributed by atoms with van der Waals surface area (Å²) >= 11 is 0. The Kier molecular flexibility index (Phi) is 6.22. The zero-order chi connectivity index (χ0) is 18.2. The molecule has 0 aromatic heterocycles. The van der Waals surface area contributed by atoms with Crippen molar-refractivity contribution < 1.29 is 14.3 Å². The normalized spacial score (nSPS) is 17.8. The molecule has 2 aromatic carbocycles. The lowest BCUT2D eigenvalue weighted by molar-refractivity contribution is -0.122. The number of hydrogen-bond donors (Lipinski definition) is 2. The molecule has 3 rings (SSSR count). The first kappa shape index (κ1) is 17.9. The number of carbonyl (C=O) groups is 2. The van der Waals surface area contributed by atoms with Gasteiger partial charge >= 0.3 is 6.09 Å². The van der Waals surface area contributed by atoms with Crippen molar-refractivity contribution in [2.45, 2.75) is 19.2 Å². The molecular formula is C20H23N3O3. The van der Waals surface area contributed by atoms with E-state index in [1.54, 1.807) is 0 Å². The van der Waals surface area contributed by atoms with Crippen LogP contribution in [-0.4, -0.2) is 42.6 Å². The summed E-state index contributed by atoms with van der Waals surface area (Å²) in [4.78, 5) is 26.4. The minimum absolute atomic E-state index is 0.175. The van der Waals surface area contributed by atoms with E-state index in [1.807, 2.05) is 48.5 Å². The maximum atomic E-state index is 12.2. The number of hydrogen-bond acceptors (Lipinski definition) is 4. The summed E-state index contributed by atoms with van der Waals surface area (Å²) in [5, 5.41) is 5.52. The van der Waals surface area contributed by atoms with E-state index in [2.05, 4.69) is 27.7 Å². The van der Waals surface area contributed by atoms with Gasteiger partial charge in [-0.05, 0) is 11.1 Å².